The molecule has 1 aromatic rings. The van der Waals surface area contributed by atoms with Gasteiger partial charge in [-0.3, -0.25) is 0 Å². The van der Waals surface area contributed by atoms with Gasteiger partial charge in [-0.25, -0.2) is 4.98 Å². The van der Waals surface area contributed by atoms with E-state index in [1.54, 1.807) is 0 Å². The van der Waals surface area contributed by atoms with Crippen LogP contribution in [0.1, 0.15) is 45.6 Å². The van der Waals surface area contributed by atoms with Gasteiger partial charge in [-0.15, -0.1) is 0 Å². The molecule has 1 atom stereocenters. The largest absolute Gasteiger partial charge is 0.355 e. The second-order valence-corrected chi connectivity index (χ2v) is 6.26. The number of nitrogens with zero attached hydrogens (tertiary/aromatic N) is 2. The zero-order valence-corrected chi connectivity index (χ0v) is 13.6. The van der Waals surface area contributed by atoms with Gasteiger partial charge in [-0.1, -0.05) is 31.9 Å². The molecule has 4 heteroatoms. The average Bonchev–Trinajstić information content (AvgIpc) is 3.27. The molecule has 3 nitrogen and oxygen atoms in total. The summed E-state index contributed by atoms with van der Waals surface area (Å²) in [5, 5.41) is 4.26. The molecule has 1 aliphatic carbocycles. The first kappa shape index (κ1) is 15.6. The van der Waals surface area contributed by atoms with Crippen molar-refractivity contribution in [3.05, 3.63) is 22.8 Å². The Hall–Kier alpha value is -0.800. The van der Waals surface area contributed by atoms with Crippen LogP contribution in [0.4, 0.5) is 5.82 Å². The van der Waals surface area contributed by atoms with Crippen molar-refractivity contribution >= 4 is 17.4 Å². The van der Waals surface area contributed by atoms with E-state index in [0.29, 0.717) is 12.0 Å². The van der Waals surface area contributed by atoms with Crippen molar-refractivity contribution in [3.8, 4) is 0 Å². The van der Waals surface area contributed by atoms with E-state index in [-0.39, 0.29) is 0 Å². The molecule has 112 valence electrons. The average molecular weight is 296 g/mol. The van der Waals surface area contributed by atoms with Gasteiger partial charge in [0.25, 0.3) is 0 Å². The van der Waals surface area contributed by atoms with E-state index in [4.69, 9.17) is 11.6 Å². The molecule has 20 heavy (non-hydrogen) atoms. The lowest BCUT2D eigenvalue weighted by molar-refractivity contribution is 0.545. The van der Waals surface area contributed by atoms with Crippen molar-refractivity contribution in [2.75, 3.05) is 18.0 Å². The summed E-state index contributed by atoms with van der Waals surface area (Å²) in [6, 6.07) is 2.77. The molecular weight excluding hydrogens is 270 g/mol. The molecule has 0 spiro atoms. The van der Waals surface area contributed by atoms with Gasteiger partial charge in [0.2, 0.25) is 0 Å². The van der Waals surface area contributed by atoms with Crippen molar-refractivity contribution in [2.45, 2.75) is 52.6 Å². The van der Waals surface area contributed by atoms with Crippen LogP contribution in [0, 0.1) is 5.92 Å². The van der Waals surface area contributed by atoms with E-state index in [2.05, 4.69) is 42.0 Å². The highest BCUT2D eigenvalue weighted by Crippen LogP contribution is 2.26. The first-order valence-corrected chi connectivity index (χ1v) is 8.14. The normalized spacial score (nSPS) is 16.2. The van der Waals surface area contributed by atoms with Crippen LogP contribution in [-0.2, 0) is 6.54 Å². The maximum absolute atomic E-state index is 6.43. The number of rotatable bonds is 8. The standard InChI is InChI=1S/C16H26ClN3/c1-4-12(3)11-20(5-2)16-15(17)8-13(10-19-16)9-18-14-6-7-14/h8,10,12,14,18H,4-7,9,11H2,1-3H3. The Bertz CT molecular complexity index is 432. The molecule has 0 aromatic carbocycles. The fraction of sp³-hybridized carbons (Fsp3) is 0.688. The molecule has 2 rings (SSSR count). The van der Waals surface area contributed by atoms with E-state index in [1.807, 2.05) is 6.20 Å². The van der Waals surface area contributed by atoms with Gasteiger partial charge in [0.1, 0.15) is 5.82 Å². The Morgan fingerprint density at radius 2 is 2.20 bits per heavy atom. The van der Waals surface area contributed by atoms with Gasteiger partial charge in [-0.2, -0.15) is 0 Å². The summed E-state index contributed by atoms with van der Waals surface area (Å²) in [4.78, 5) is 6.86. The lowest BCUT2D eigenvalue weighted by Crippen LogP contribution is -2.29. The van der Waals surface area contributed by atoms with Crippen molar-refractivity contribution in [2.24, 2.45) is 5.92 Å². The highest BCUT2D eigenvalue weighted by atomic mass is 35.5. The molecule has 1 unspecified atom stereocenters. The predicted molar refractivity (Wildman–Crippen MR) is 86.5 cm³/mol. The second-order valence-electron chi connectivity index (χ2n) is 5.86. The van der Waals surface area contributed by atoms with Gasteiger partial charge in [0.05, 0.1) is 5.02 Å². The summed E-state index contributed by atoms with van der Waals surface area (Å²) in [5.41, 5.74) is 1.17. The Morgan fingerprint density at radius 1 is 1.45 bits per heavy atom. The molecule has 0 radical (unpaired) electrons. The van der Waals surface area contributed by atoms with Crippen LogP contribution in [0.5, 0.6) is 0 Å². The molecule has 1 aromatic heterocycles. The van der Waals surface area contributed by atoms with Crippen molar-refractivity contribution in [3.63, 3.8) is 0 Å². The van der Waals surface area contributed by atoms with Gasteiger partial charge < -0.3 is 10.2 Å². The van der Waals surface area contributed by atoms with E-state index in [1.165, 1.54) is 24.8 Å². The molecule has 1 heterocycles. The van der Waals surface area contributed by atoms with E-state index in [9.17, 15) is 0 Å². The topological polar surface area (TPSA) is 28.2 Å². The quantitative estimate of drug-likeness (QED) is 0.789. The van der Waals surface area contributed by atoms with Gasteiger partial charge in [0, 0.05) is 31.9 Å². The van der Waals surface area contributed by atoms with Crippen LogP contribution < -0.4 is 10.2 Å². The molecule has 1 N–H and O–H groups in total. The minimum absolute atomic E-state index is 0.657. The van der Waals surface area contributed by atoms with E-state index >= 15 is 0 Å². The number of hydrogen-bond donors (Lipinski definition) is 1. The molecule has 1 fully saturated rings. The summed E-state index contributed by atoms with van der Waals surface area (Å²) < 4.78 is 0. The number of pyridine rings is 1. The molecule has 0 amide bonds. The monoisotopic (exact) mass is 295 g/mol. The number of halogens is 1. The molecule has 0 bridgehead atoms. The maximum Gasteiger partial charge on any atom is 0.147 e. The first-order chi connectivity index (χ1) is 9.63. The van der Waals surface area contributed by atoms with E-state index in [0.717, 1.165) is 30.5 Å². The smallest absolute Gasteiger partial charge is 0.147 e. The van der Waals surface area contributed by atoms with Crippen molar-refractivity contribution in [1.29, 1.82) is 0 Å². The van der Waals surface area contributed by atoms with Crippen molar-refractivity contribution in [1.82, 2.24) is 10.3 Å². The number of hydrogen-bond acceptors (Lipinski definition) is 3. The van der Waals surface area contributed by atoms with Crippen LogP contribution in [0.3, 0.4) is 0 Å². The fourth-order valence-corrected chi connectivity index (χ4v) is 2.53. The molecule has 0 aliphatic heterocycles. The van der Waals surface area contributed by atoms with Gasteiger partial charge in [0.15, 0.2) is 0 Å². The van der Waals surface area contributed by atoms with Crippen LogP contribution in [-0.4, -0.2) is 24.1 Å². The van der Waals surface area contributed by atoms with Gasteiger partial charge in [-0.05, 0) is 37.3 Å². The fourth-order valence-electron chi connectivity index (χ4n) is 2.22. The molecule has 0 saturated heterocycles. The minimum atomic E-state index is 0.657. The Kier molecular flexibility index (Phi) is 5.67. The third kappa shape index (κ3) is 4.35. The third-order valence-electron chi connectivity index (χ3n) is 3.96. The number of anilines is 1. The third-order valence-corrected chi connectivity index (χ3v) is 4.24. The summed E-state index contributed by atoms with van der Waals surface area (Å²) in [6.45, 7) is 9.47. The van der Waals surface area contributed by atoms with Crippen molar-refractivity contribution < 1.29 is 0 Å². The Morgan fingerprint density at radius 3 is 2.75 bits per heavy atom. The van der Waals surface area contributed by atoms with Crippen LogP contribution in [0.15, 0.2) is 12.3 Å². The Balaban J connectivity index is 2.01. The summed E-state index contributed by atoms with van der Waals surface area (Å²) in [6.07, 6.45) is 5.74. The Labute approximate surface area is 127 Å². The maximum atomic E-state index is 6.43. The van der Waals surface area contributed by atoms with Crippen LogP contribution in [0.2, 0.25) is 5.02 Å². The molecule has 1 saturated carbocycles. The number of nitrogens with one attached hydrogen (secondary N) is 1. The highest BCUT2D eigenvalue weighted by molar-refractivity contribution is 6.33. The first-order valence-electron chi connectivity index (χ1n) is 7.76. The zero-order valence-electron chi connectivity index (χ0n) is 12.8. The molecule has 1 aliphatic rings. The summed E-state index contributed by atoms with van der Waals surface area (Å²) >= 11 is 6.43. The molecular formula is C16H26ClN3. The predicted octanol–water partition coefficient (Wildman–Crippen LogP) is 3.86. The van der Waals surface area contributed by atoms with Crippen LogP contribution in [0.25, 0.3) is 0 Å². The summed E-state index contributed by atoms with van der Waals surface area (Å²) in [7, 11) is 0. The highest BCUT2D eigenvalue weighted by Gasteiger charge is 2.20. The number of aromatic nitrogens is 1. The minimum Gasteiger partial charge on any atom is -0.355 e. The lowest BCUT2D eigenvalue weighted by Gasteiger charge is -2.26. The van der Waals surface area contributed by atoms with Crippen LogP contribution >= 0.6 is 11.6 Å². The van der Waals surface area contributed by atoms with Gasteiger partial charge >= 0.3 is 0 Å². The van der Waals surface area contributed by atoms with E-state index < -0.39 is 0 Å². The second kappa shape index (κ2) is 7.28. The lowest BCUT2D eigenvalue weighted by atomic mass is 10.1. The summed E-state index contributed by atoms with van der Waals surface area (Å²) in [5.74, 6) is 1.58. The zero-order chi connectivity index (χ0) is 14.5. The SMILES string of the molecule is CCC(C)CN(CC)c1ncc(CNC2CC2)cc1Cl.